The van der Waals surface area contributed by atoms with E-state index in [-0.39, 0.29) is 5.57 Å². The summed E-state index contributed by atoms with van der Waals surface area (Å²) in [5, 5.41) is 3.22. The Hall–Kier alpha value is -4.75. The number of nitrogens with one attached hydrogen (secondary N) is 1. The van der Waals surface area contributed by atoms with Gasteiger partial charge in [-0.1, -0.05) is 72.3 Å². The maximum Gasteiger partial charge on any atom is 0.339 e. The summed E-state index contributed by atoms with van der Waals surface area (Å²) in [7, 11) is 4.55. The quantitative estimate of drug-likeness (QED) is 0.125. The van der Waals surface area contributed by atoms with Gasteiger partial charge in [0.15, 0.2) is 18.1 Å². The average molecular weight is 572 g/mol. The van der Waals surface area contributed by atoms with Gasteiger partial charge >= 0.3 is 5.97 Å². The average Bonchev–Trinajstić information content (AvgIpc) is 3.00. The smallest absolute Gasteiger partial charge is 0.339 e. The third kappa shape index (κ3) is 7.26. The molecule has 210 valence electrons. The largest absolute Gasteiger partial charge is 0.493 e. The minimum atomic E-state index is -0.677. The van der Waals surface area contributed by atoms with Crippen LogP contribution in [-0.4, -0.2) is 39.8 Å². The molecule has 1 amide bonds. The van der Waals surface area contributed by atoms with Gasteiger partial charge in [0.1, 0.15) is 0 Å². The highest BCUT2D eigenvalue weighted by Crippen LogP contribution is 2.39. The number of hydrogen-bond acceptors (Lipinski definition) is 6. The number of rotatable bonds is 10. The van der Waals surface area contributed by atoms with Gasteiger partial charge in [0.25, 0.3) is 5.91 Å². The summed E-state index contributed by atoms with van der Waals surface area (Å²) in [5.41, 5.74) is 4.87. The predicted octanol–water partition coefficient (Wildman–Crippen LogP) is 7.06. The highest BCUT2D eigenvalue weighted by Gasteiger charge is 2.19. The maximum atomic E-state index is 13.4. The number of aryl methyl sites for hydroxylation is 1. The van der Waals surface area contributed by atoms with Crippen LogP contribution in [0.1, 0.15) is 16.7 Å². The molecule has 0 aliphatic rings. The second kappa shape index (κ2) is 13.5. The zero-order valence-corrected chi connectivity index (χ0v) is 24.0. The molecule has 1 N–H and O–H groups in total. The molecular weight excluding hydrogens is 542 g/mol. The van der Waals surface area contributed by atoms with Crippen molar-refractivity contribution in [2.24, 2.45) is 0 Å². The Bertz CT molecular complexity index is 1540. The van der Waals surface area contributed by atoms with Gasteiger partial charge in [-0.15, -0.1) is 0 Å². The van der Waals surface area contributed by atoms with Crippen molar-refractivity contribution in [1.82, 2.24) is 0 Å². The van der Waals surface area contributed by atoms with Crippen LogP contribution in [0, 0.1) is 6.92 Å². The Morgan fingerprint density at radius 1 is 0.805 bits per heavy atom. The van der Waals surface area contributed by atoms with Gasteiger partial charge in [-0.2, -0.15) is 0 Å². The molecule has 0 bridgehead atoms. The molecule has 4 aromatic rings. The summed E-state index contributed by atoms with van der Waals surface area (Å²) >= 11 is 6.06. The number of anilines is 1. The van der Waals surface area contributed by atoms with Crippen molar-refractivity contribution >= 4 is 40.8 Å². The van der Waals surface area contributed by atoms with E-state index < -0.39 is 18.5 Å². The van der Waals surface area contributed by atoms with Gasteiger partial charge in [0.05, 0.1) is 26.9 Å². The second-order valence-corrected chi connectivity index (χ2v) is 9.48. The van der Waals surface area contributed by atoms with Crippen molar-refractivity contribution in [1.29, 1.82) is 0 Å². The summed E-state index contributed by atoms with van der Waals surface area (Å²) in [6, 6.07) is 26.0. The Morgan fingerprint density at radius 3 is 2.05 bits per heavy atom. The lowest BCUT2D eigenvalue weighted by Crippen LogP contribution is -2.21. The van der Waals surface area contributed by atoms with E-state index in [9.17, 15) is 9.59 Å². The first kappa shape index (κ1) is 29.2. The first-order valence-corrected chi connectivity index (χ1v) is 13.1. The van der Waals surface area contributed by atoms with Crippen LogP contribution in [0.25, 0.3) is 22.8 Å². The molecule has 0 spiro atoms. The van der Waals surface area contributed by atoms with Crippen LogP contribution in [0.4, 0.5) is 5.69 Å². The Kier molecular flexibility index (Phi) is 9.66. The Balaban J connectivity index is 1.65. The van der Waals surface area contributed by atoms with E-state index in [2.05, 4.69) is 5.32 Å². The third-order valence-electron chi connectivity index (χ3n) is 6.33. The van der Waals surface area contributed by atoms with Crippen molar-refractivity contribution in [3.05, 3.63) is 107 Å². The number of amides is 1. The number of halogens is 1. The number of ether oxygens (including phenoxy) is 4. The molecule has 41 heavy (non-hydrogen) atoms. The van der Waals surface area contributed by atoms with Crippen LogP contribution in [0.3, 0.4) is 0 Å². The van der Waals surface area contributed by atoms with Crippen LogP contribution in [0.15, 0.2) is 84.9 Å². The van der Waals surface area contributed by atoms with Gasteiger partial charge in [-0.3, -0.25) is 4.79 Å². The molecule has 0 saturated carbocycles. The van der Waals surface area contributed by atoms with Crippen LogP contribution in [0.5, 0.6) is 17.2 Å². The fourth-order valence-electron chi connectivity index (χ4n) is 4.21. The standard InChI is InChI=1S/C33H30ClNO6/c1-21-10-15-26(34)19-28(21)35-31(36)20-41-33(37)27(16-22-17-29(38-2)32(40-4)30(18-22)39-3)25-13-11-24(12-14-25)23-8-6-5-7-9-23/h5-19H,20H2,1-4H3,(H,35,36)/b27-16+. The van der Waals surface area contributed by atoms with Crippen molar-refractivity contribution < 1.29 is 28.5 Å². The summed E-state index contributed by atoms with van der Waals surface area (Å²) in [6.45, 7) is 1.36. The molecule has 0 aromatic heterocycles. The molecule has 0 radical (unpaired) electrons. The number of benzene rings is 4. The fraction of sp³-hybridized carbons (Fsp3) is 0.152. The fourth-order valence-corrected chi connectivity index (χ4v) is 4.38. The number of carbonyl (C=O) groups excluding carboxylic acids is 2. The van der Waals surface area contributed by atoms with E-state index in [1.807, 2.05) is 61.5 Å². The predicted molar refractivity (Wildman–Crippen MR) is 162 cm³/mol. The summed E-state index contributed by atoms with van der Waals surface area (Å²) in [5.74, 6) is 0.124. The molecular formula is C33H30ClNO6. The van der Waals surface area contributed by atoms with E-state index in [0.29, 0.717) is 39.1 Å². The highest BCUT2D eigenvalue weighted by molar-refractivity contribution is 6.31. The zero-order valence-electron chi connectivity index (χ0n) is 23.2. The highest BCUT2D eigenvalue weighted by atomic mass is 35.5. The number of carbonyl (C=O) groups is 2. The van der Waals surface area contributed by atoms with Gasteiger partial charge in [0.2, 0.25) is 5.75 Å². The first-order valence-electron chi connectivity index (χ1n) is 12.7. The van der Waals surface area contributed by atoms with E-state index in [0.717, 1.165) is 16.7 Å². The minimum Gasteiger partial charge on any atom is -0.493 e. The lowest BCUT2D eigenvalue weighted by atomic mass is 9.98. The Labute approximate surface area is 244 Å². The topological polar surface area (TPSA) is 83.1 Å². The van der Waals surface area contributed by atoms with Gasteiger partial charge in [-0.25, -0.2) is 4.79 Å². The molecule has 7 nitrogen and oxygen atoms in total. The monoisotopic (exact) mass is 571 g/mol. The lowest BCUT2D eigenvalue weighted by Gasteiger charge is -2.14. The van der Waals surface area contributed by atoms with Crippen molar-refractivity contribution in [3.63, 3.8) is 0 Å². The summed E-state index contributed by atoms with van der Waals surface area (Å²) < 4.78 is 21.8. The third-order valence-corrected chi connectivity index (χ3v) is 6.56. The second-order valence-electron chi connectivity index (χ2n) is 9.04. The van der Waals surface area contributed by atoms with Crippen LogP contribution in [0.2, 0.25) is 5.02 Å². The molecule has 0 heterocycles. The van der Waals surface area contributed by atoms with Gasteiger partial charge in [0, 0.05) is 10.7 Å². The molecule has 0 unspecified atom stereocenters. The summed E-state index contributed by atoms with van der Waals surface area (Å²) in [6.07, 6.45) is 1.66. The van der Waals surface area contributed by atoms with E-state index in [4.69, 9.17) is 30.5 Å². The lowest BCUT2D eigenvalue weighted by molar-refractivity contribution is -0.141. The molecule has 8 heteroatoms. The normalized spacial score (nSPS) is 11.0. The number of esters is 1. The molecule has 0 atom stereocenters. The maximum absolute atomic E-state index is 13.4. The molecule has 0 fully saturated rings. The zero-order chi connectivity index (χ0) is 29.4. The van der Waals surface area contributed by atoms with Gasteiger partial charge in [-0.05, 0) is 65.1 Å². The van der Waals surface area contributed by atoms with Crippen LogP contribution < -0.4 is 19.5 Å². The van der Waals surface area contributed by atoms with Crippen molar-refractivity contribution in [2.75, 3.05) is 33.3 Å². The molecule has 0 aliphatic heterocycles. The van der Waals surface area contributed by atoms with E-state index in [1.54, 1.807) is 36.4 Å². The minimum absolute atomic E-state index is 0.241. The molecule has 0 aliphatic carbocycles. The summed E-state index contributed by atoms with van der Waals surface area (Å²) in [4.78, 5) is 26.1. The van der Waals surface area contributed by atoms with Crippen molar-refractivity contribution in [3.8, 4) is 28.4 Å². The van der Waals surface area contributed by atoms with Crippen molar-refractivity contribution in [2.45, 2.75) is 6.92 Å². The first-order chi connectivity index (χ1) is 19.8. The van der Waals surface area contributed by atoms with Crippen LogP contribution >= 0.6 is 11.6 Å². The molecule has 4 aromatic carbocycles. The Morgan fingerprint density at radius 2 is 1.44 bits per heavy atom. The van der Waals surface area contributed by atoms with Gasteiger partial charge < -0.3 is 24.3 Å². The SMILES string of the molecule is COc1cc(/C=C(/C(=O)OCC(=O)Nc2cc(Cl)ccc2C)c2ccc(-c3ccccc3)cc2)cc(OC)c1OC. The van der Waals surface area contributed by atoms with Crippen LogP contribution in [-0.2, 0) is 14.3 Å². The number of hydrogen-bond donors (Lipinski definition) is 1. The van der Waals surface area contributed by atoms with E-state index in [1.165, 1.54) is 21.3 Å². The molecule has 4 rings (SSSR count). The number of methoxy groups -OCH3 is 3. The van der Waals surface area contributed by atoms with E-state index >= 15 is 0 Å². The molecule has 0 saturated heterocycles.